The molecule has 3 N–H and O–H groups in total. The molecule has 0 aliphatic heterocycles. The number of aromatic amines is 2. The van der Waals surface area contributed by atoms with Gasteiger partial charge in [0.25, 0.3) is 0 Å². The van der Waals surface area contributed by atoms with Gasteiger partial charge in [-0.2, -0.15) is 5.10 Å². The van der Waals surface area contributed by atoms with Crippen LogP contribution in [0.25, 0.3) is 55.2 Å². The van der Waals surface area contributed by atoms with Crippen LogP contribution in [0.5, 0.6) is 0 Å². The minimum atomic E-state index is -0.346. The average Bonchev–Trinajstić information content (AvgIpc) is 3.75. The van der Waals surface area contributed by atoms with Gasteiger partial charge in [-0.25, -0.2) is 9.37 Å². The highest BCUT2D eigenvalue weighted by Gasteiger charge is 2.21. The maximum absolute atomic E-state index is 16.1. The molecule has 7 rings (SSSR count). The summed E-state index contributed by atoms with van der Waals surface area (Å²) in [5, 5.41) is 13.4. The third-order valence-corrected chi connectivity index (χ3v) is 8.27. The van der Waals surface area contributed by atoms with E-state index in [1.807, 2.05) is 41.9 Å². The van der Waals surface area contributed by atoms with Gasteiger partial charge in [-0.15, -0.1) is 11.3 Å². The van der Waals surface area contributed by atoms with E-state index in [2.05, 4.69) is 30.5 Å². The van der Waals surface area contributed by atoms with E-state index in [0.717, 1.165) is 51.7 Å². The molecule has 0 saturated heterocycles. The maximum Gasteiger partial charge on any atom is 0.159 e. The van der Waals surface area contributed by atoms with Crippen molar-refractivity contribution in [1.29, 1.82) is 0 Å². The number of halogens is 1. The molecule has 5 aromatic heterocycles. The van der Waals surface area contributed by atoms with Crippen LogP contribution < -0.4 is 5.32 Å². The molecule has 6 aromatic rings. The first kappa shape index (κ1) is 23.2. The molecule has 190 valence electrons. The summed E-state index contributed by atoms with van der Waals surface area (Å²) in [6, 6.07) is 11.5. The molecule has 0 bridgehead atoms. The van der Waals surface area contributed by atoms with Crippen LogP contribution in [-0.2, 0) is 6.54 Å². The van der Waals surface area contributed by atoms with Crippen LogP contribution in [0.1, 0.15) is 31.2 Å². The first-order valence-electron chi connectivity index (χ1n) is 12.9. The summed E-state index contributed by atoms with van der Waals surface area (Å²) in [4.78, 5) is 18.1. The molecule has 0 spiro atoms. The number of thiophene rings is 1. The standard InChI is InChI=1S/C29H26FN7S/c30-25-20(19-12-18(15-32-16-19)14-31-13-17-4-1-2-5-17)7-8-21-24(25)28(37-36-21)29-34-22-9-10-33-27(26(22)35-29)23-6-3-11-38-23/h3,6-12,15-17,31H,1-2,4-5,13-14H2,(H,34,35)(H,36,37). The van der Waals surface area contributed by atoms with Gasteiger partial charge in [-0.3, -0.25) is 15.1 Å². The molecule has 1 saturated carbocycles. The molecule has 0 atom stereocenters. The van der Waals surface area contributed by atoms with Gasteiger partial charge in [0.05, 0.1) is 21.3 Å². The fourth-order valence-corrected chi connectivity index (χ4v) is 6.20. The van der Waals surface area contributed by atoms with Gasteiger partial charge in [0.2, 0.25) is 0 Å². The molecule has 1 aliphatic carbocycles. The summed E-state index contributed by atoms with van der Waals surface area (Å²) in [6.45, 7) is 1.74. The minimum Gasteiger partial charge on any atom is -0.336 e. The third kappa shape index (κ3) is 4.17. The predicted octanol–water partition coefficient (Wildman–Crippen LogP) is 6.71. The van der Waals surface area contributed by atoms with Crippen molar-refractivity contribution in [2.45, 2.75) is 32.2 Å². The molecule has 1 aromatic carbocycles. The second-order valence-electron chi connectivity index (χ2n) is 9.90. The van der Waals surface area contributed by atoms with Crippen LogP contribution in [0.4, 0.5) is 4.39 Å². The number of aromatic nitrogens is 6. The summed E-state index contributed by atoms with van der Waals surface area (Å²) >= 11 is 1.61. The molecule has 0 amide bonds. The van der Waals surface area contributed by atoms with Crippen LogP contribution in [0.3, 0.4) is 0 Å². The topological polar surface area (TPSA) is 95.2 Å². The monoisotopic (exact) mass is 523 g/mol. The lowest BCUT2D eigenvalue weighted by Gasteiger charge is -2.11. The Morgan fingerprint density at radius 3 is 2.84 bits per heavy atom. The van der Waals surface area contributed by atoms with Crippen molar-refractivity contribution < 1.29 is 4.39 Å². The van der Waals surface area contributed by atoms with Crippen LogP contribution in [0.15, 0.2) is 60.4 Å². The zero-order valence-corrected chi connectivity index (χ0v) is 21.5. The Labute approximate surface area is 222 Å². The van der Waals surface area contributed by atoms with Crippen LogP contribution in [-0.4, -0.2) is 36.7 Å². The van der Waals surface area contributed by atoms with Crippen molar-refractivity contribution in [3.8, 4) is 33.2 Å². The number of nitrogens with zero attached hydrogens (tertiary/aromatic N) is 4. The highest BCUT2D eigenvalue weighted by molar-refractivity contribution is 7.13. The average molecular weight is 524 g/mol. The fraction of sp³-hybridized carbons (Fsp3) is 0.241. The summed E-state index contributed by atoms with van der Waals surface area (Å²) in [6.07, 6.45) is 10.6. The van der Waals surface area contributed by atoms with Crippen molar-refractivity contribution in [1.82, 2.24) is 35.5 Å². The van der Waals surface area contributed by atoms with Crippen LogP contribution >= 0.6 is 11.3 Å². The van der Waals surface area contributed by atoms with E-state index in [-0.39, 0.29) is 5.82 Å². The zero-order chi connectivity index (χ0) is 25.5. The Morgan fingerprint density at radius 1 is 1.05 bits per heavy atom. The Bertz CT molecular complexity index is 1730. The Balaban J connectivity index is 1.23. The summed E-state index contributed by atoms with van der Waals surface area (Å²) in [5.41, 5.74) is 5.68. The number of hydrogen-bond donors (Lipinski definition) is 3. The second-order valence-corrected chi connectivity index (χ2v) is 10.9. The van der Waals surface area contributed by atoms with Crippen LogP contribution in [0.2, 0.25) is 0 Å². The molecule has 1 aliphatic rings. The normalized spacial score (nSPS) is 14.2. The lowest BCUT2D eigenvalue weighted by atomic mass is 10.0. The lowest BCUT2D eigenvalue weighted by molar-refractivity contribution is 0.489. The SMILES string of the molecule is Fc1c(-c2cncc(CNCC3CCCC3)c2)ccc2[nH]nc(-c3nc4c(-c5cccs5)nccc4[nH]3)c12. The van der Waals surface area contributed by atoms with Crippen molar-refractivity contribution >= 4 is 33.3 Å². The highest BCUT2D eigenvalue weighted by atomic mass is 32.1. The quantitative estimate of drug-likeness (QED) is 0.216. The molecule has 9 heteroatoms. The largest absolute Gasteiger partial charge is 0.336 e. The van der Waals surface area contributed by atoms with Crippen molar-refractivity contribution in [2.75, 3.05) is 6.54 Å². The van der Waals surface area contributed by atoms with E-state index >= 15 is 4.39 Å². The molecular weight excluding hydrogens is 497 g/mol. The summed E-state index contributed by atoms with van der Waals surface area (Å²) in [7, 11) is 0. The van der Waals surface area contributed by atoms with Crippen molar-refractivity contribution in [3.63, 3.8) is 0 Å². The predicted molar refractivity (Wildman–Crippen MR) is 149 cm³/mol. The molecule has 1 fully saturated rings. The summed E-state index contributed by atoms with van der Waals surface area (Å²) < 4.78 is 16.1. The molecule has 5 heterocycles. The number of rotatable bonds is 7. The molecular formula is C29H26FN7S. The highest BCUT2D eigenvalue weighted by Crippen LogP contribution is 2.35. The van der Waals surface area contributed by atoms with Gasteiger partial charge in [0.1, 0.15) is 22.7 Å². The Morgan fingerprint density at radius 2 is 1.97 bits per heavy atom. The van der Waals surface area contributed by atoms with Gasteiger partial charge in [-0.05, 0) is 66.6 Å². The molecule has 0 radical (unpaired) electrons. The first-order chi connectivity index (χ1) is 18.7. The van der Waals surface area contributed by atoms with E-state index in [4.69, 9.17) is 4.98 Å². The van der Waals surface area contributed by atoms with Crippen molar-refractivity contribution in [3.05, 3.63) is 71.7 Å². The third-order valence-electron chi connectivity index (χ3n) is 7.39. The molecule has 7 nitrogen and oxygen atoms in total. The van der Waals surface area contributed by atoms with Crippen LogP contribution in [0, 0.1) is 11.7 Å². The maximum atomic E-state index is 16.1. The Kier molecular flexibility index (Phi) is 5.94. The fourth-order valence-electron chi connectivity index (χ4n) is 5.47. The number of H-pyrrole nitrogens is 2. The van der Waals surface area contributed by atoms with E-state index in [0.29, 0.717) is 28.0 Å². The number of fused-ring (bicyclic) bond motifs is 2. The second kappa shape index (κ2) is 9.74. The van der Waals surface area contributed by atoms with E-state index in [1.165, 1.54) is 25.7 Å². The first-order valence-corrected chi connectivity index (χ1v) is 13.8. The number of hydrogen-bond acceptors (Lipinski definition) is 6. The van der Waals surface area contributed by atoms with Gasteiger partial charge in [-0.1, -0.05) is 18.9 Å². The number of imidazole rings is 1. The van der Waals surface area contributed by atoms with Gasteiger partial charge in [0.15, 0.2) is 5.82 Å². The van der Waals surface area contributed by atoms with Crippen molar-refractivity contribution in [2.24, 2.45) is 5.92 Å². The summed E-state index contributed by atoms with van der Waals surface area (Å²) in [5.74, 6) is 0.915. The number of nitrogens with one attached hydrogen (secondary N) is 3. The Hall–Kier alpha value is -3.95. The smallest absolute Gasteiger partial charge is 0.159 e. The van der Waals surface area contributed by atoms with E-state index in [9.17, 15) is 0 Å². The molecule has 38 heavy (non-hydrogen) atoms. The van der Waals surface area contributed by atoms with Gasteiger partial charge >= 0.3 is 0 Å². The minimum absolute atomic E-state index is 0.346. The van der Waals surface area contributed by atoms with Gasteiger partial charge in [0, 0.05) is 36.3 Å². The van der Waals surface area contributed by atoms with Gasteiger partial charge < -0.3 is 10.3 Å². The van der Waals surface area contributed by atoms with E-state index in [1.54, 1.807) is 29.8 Å². The van der Waals surface area contributed by atoms with E-state index < -0.39 is 0 Å². The zero-order valence-electron chi connectivity index (χ0n) is 20.7. The number of pyridine rings is 2. The number of benzene rings is 1. The molecule has 0 unspecified atom stereocenters. The lowest BCUT2D eigenvalue weighted by Crippen LogP contribution is -2.20.